The first-order valence-corrected chi connectivity index (χ1v) is 4.12. The van der Waals surface area contributed by atoms with Crippen LogP contribution in [0.4, 0.5) is 4.79 Å². The lowest BCUT2D eigenvalue weighted by atomic mass is 10.2. The lowest BCUT2D eigenvalue weighted by Crippen LogP contribution is -2.72. The van der Waals surface area contributed by atoms with E-state index in [2.05, 4.69) is 14.4 Å². The molecule has 3 atom stereocenters. The Labute approximate surface area is 87.6 Å². The van der Waals surface area contributed by atoms with Gasteiger partial charge in [-0.1, -0.05) is 9.24 Å². The van der Waals surface area contributed by atoms with Gasteiger partial charge in [0.05, 0.1) is 0 Å². The number of ether oxygens (including phenoxy) is 1. The van der Waals surface area contributed by atoms with Crippen LogP contribution >= 0.6 is 9.24 Å². The van der Waals surface area contributed by atoms with E-state index in [1.807, 2.05) is 9.24 Å². The van der Waals surface area contributed by atoms with Crippen LogP contribution in [0.1, 0.15) is 0 Å². The fourth-order valence-electron chi connectivity index (χ4n) is 0.777. The first-order valence-electron chi connectivity index (χ1n) is 3.54. The van der Waals surface area contributed by atoms with E-state index < -0.39 is 23.5 Å². The van der Waals surface area contributed by atoms with Gasteiger partial charge in [-0.2, -0.15) is 0 Å². The van der Waals surface area contributed by atoms with Crippen molar-refractivity contribution in [3.05, 3.63) is 0 Å². The van der Waals surface area contributed by atoms with Crippen molar-refractivity contribution in [3.8, 4) is 0 Å². The molecular weight excluding hydrogens is 227 g/mol. The van der Waals surface area contributed by atoms with Gasteiger partial charge in [-0.15, -0.1) is 0 Å². The predicted molar refractivity (Wildman–Crippen MR) is 52.7 cm³/mol. The van der Waals surface area contributed by atoms with Crippen molar-refractivity contribution in [3.63, 3.8) is 0 Å². The zero-order valence-electron chi connectivity index (χ0n) is 7.75. The maximum atomic E-state index is 10.6. The first-order chi connectivity index (χ1) is 6.67. The quantitative estimate of drug-likeness (QED) is 0.159. The van der Waals surface area contributed by atoms with Crippen LogP contribution in [0.5, 0.6) is 0 Å². The van der Waals surface area contributed by atoms with Crippen molar-refractivity contribution in [1.82, 2.24) is 0 Å². The van der Waals surface area contributed by atoms with Crippen molar-refractivity contribution < 1.29 is 19.2 Å². The molecule has 0 aliphatic heterocycles. The van der Waals surface area contributed by atoms with Gasteiger partial charge in [0, 0.05) is 0 Å². The number of primary amides is 1. The summed E-state index contributed by atoms with van der Waals surface area (Å²) in [5.74, 6) is 7.52. The Morgan fingerprint density at radius 3 is 1.93 bits per heavy atom. The molecule has 0 aromatic heterocycles. The molecule has 0 bridgehead atoms. The van der Waals surface area contributed by atoms with E-state index in [1.165, 1.54) is 0 Å². The number of amides is 1. The van der Waals surface area contributed by atoms with Gasteiger partial charge < -0.3 is 10.5 Å². The van der Waals surface area contributed by atoms with Gasteiger partial charge in [0.25, 0.3) is 0 Å². The average Bonchev–Trinajstić information content (AvgIpc) is 2.13. The molecule has 0 aliphatic rings. The normalized spacial score (nSPS) is 18.0. The van der Waals surface area contributed by atoms with E-state index in [4.69, 9.17) is 34.7 Å². The summed E-state index contributed by atoms with van der Waals surface area (Å²) in [5, 5.41) is 0. The van der Waals surface area contributed by atoms with E-state index in [0.717, 1.165) is 0 Å². The maximum absolute atomic E-state index is 10.6. The van der Waals surface area contributed by atoms with Gasteiger partial charge >= 0.3 is 6.09 Å². The fraction of sp³-hybridized carbons (Fsp3) is 0.750. The second-order valence-electron chi connectivity index (χ2n) is 2.76. The van der Waals surface area contributed by atoms with Gasteiger partial charge in [0.1, 0.15) is 0 Å². The minimum Gasteiger partial charge on any atom is -0.435 e. The molecule has 0 spiro atoms. The third kappa shape index (κ3) is 3.81. The Morgan fingerprint density at radius 2 is 1.67 bits per heavy atom. The molecule has 0 radical (unpaired) electrons. The highest BCUT2D eigenvalue weighted by atomic mass is 31.0. The third-order valence-electron chi connectivity index (χ3n) is 1.46. The number of carbonyl (C=O) groups excluding carboxylic acids is 1. The number of hydrogen-bond donors (Lipinski definition) is 6. The highest BCUT2D eigenvalue weighted by molar-refractivity contribution is 7.18. The van der Waals surface area contributed by atoms with Crippen molar-refractivity contribution in [2.45, 2.75) is 17.4 Å². The molecule has 1 amide bonds. The monoisotopic (exact) mass is 242 g/mol. The zero-order chi connectivity index (χ0) is 12.3. The Kier molecular flexibility index (Phi) is 4.77. The summed E-state index contributed by atoms with van der Waals surface area (Å²) in [6.45, 7) is 0. The largest absolute Gasteiger partial charge is 0.435 e. The molecule has 15 heavy (non-hydrogen) atoms. The molecule has 0 saturated carbocycles. The van der Waals surface area contributed by atoms with E-state index in [-0.39, 0.29) is 0 Å². The summed E-state index contributed by atoms with van der Waals surface area (Å²) in [6.07, 6.45) is -2.74. The van der Waals surface area contributed by atoms with Crippen LogP contribution < -0.4 is 34.7 Å². The molecule has 10 nitrogen and oxygen atoms in total. The van der Waals surface area contributed by atoms with E-state index >= 15 is 0 Å². The summed E-state index contributed by atoms with van der Waals surface area (Å²) >= 11 is 0. The number of hydrogen-bond acceptors (Lipinski definition) is 9. The molecule has 11 heteroatoms. The second-order valence-corrected chi connectivity index (χ2v) is 3.66. The summed E-state index contributed by atoms with van der Waals surface area (Å²) in [6, 6.07) is 0. The van der Waals surface area contributed by atoms with Gasteiger partial charge in [-0.05, 0) is 0 Å². The van der Waals surface area contributed by atoms with Crippen LogP contribution in [0.25, 0.3) is 0 Å². The molecule has 12 N–H and O–H groups in total. The average molecular weight is 242 g/mol. The minimum atomic E-state index is -2.12. The lowest BCUT2D eigenvalue weighted by molar-refractivity contribution is -0.179. The van der Waals surface area contributed by atoms with E-state index in [1.54, 1.807) is 0 Å². The third-order valence-corrected chi connectivity index (χ3v) is 1.90. The standard InChI is InChI=1S/C4H15N6O4P/c5-2(11)12-1(3(6,7)13-9)4(8,15)14-10/h1H,6-10,15H2,(H2,5,11). The Bertz CT molecular complexity index is 219. The summed E-state index contributed by atoms with van der Waals surface area (Å²) < 4.78 is 4.49. The highest BCUT2D eigenvalue weighted by Gasteiger charge is 2.48. The van der Waals surface area contributed by atoms with E-state index in [0.29, 0.717) is 0 Å². The van der Waals surface area contributed by atoms with Crippen LogP contribution in [0.3, 0.4) is 0 Å². The number of rotatable bonds is 5. The molecule has 0 rings (SSSR count). The van der Waals surface area contributed by atoms with Crippen LogP contribution in [-0.4, -0.2) is 23.5 Å². The van der Waals surface area contributed by atoms with Crippen molar-refractivity contribution in [2.24, 2.45) is 34.7 Å². The summed E-state index contributed by atoms with van der Waals surface area (Å²) in [7, 11) is 1.92. The van der Waals surface area contributed by atoms with E-state index in [9.17, 15) is 4.79 Å². The molecule has 0 aromatic rings. The molecule has 0 heterocycles. The molecule has 0 fully saturated rings. The van der Waals surface area contributed by atoms with Crippen LogP contribution in [0.15, 0.2) is 0 Å². The van der Waals surface area contributed by atoms with Crippen molar-refractivity contribution in [1.29, 1.82) is 0 Å². The van der Waals surface area contributed by atoms with Crippen LogP contribution in [0.2, 0.25) is 0 Å². The minimum absolute atomic E-state index is 1.20. The Morgan fingerprint density at radius 1 is 1.20 bits per heavy atom. The summed E-state index contributed by atoms with van der Waals surface area (Å²) in [4.78, 5) is 19.1. The van der Waals surface area contributed by atoms with Gasteiger partial charge in [-0.25, -0.2) is 16.6 Å². The molecule has 0 aliphatic carbocycles. The molecular formula is C4H15N6O4P. The fourth-order valence-corrected chi connectivity index (χ4v) is 1.11. The van der Waals surface area contributed by atoms with Crippen molar-refractivity contribution >= 4 is 15.3 Å². The zero-order valence-corrected chi connectivity index (χ0v) is 8.91. The van der Waals surface area contributed by atoms with Gasteiger partial charge in [0.15, 0.2) is 5.47 Å². The highest BCUT2D eigenvalue weighted by Crippen LogP contribution is 2.24. The SMILES string of the molecule is NOC(N)(N)C(OC(N)=O)C(N)(P)ON. The number of carbonyl (C=O) groups is 1. The molecule has 0 aromatic carbocycles. The Hall–Kier alpha value is -0.580. The van der Waals surface area contributed by atoms with Crippen molar-refractivity contribution in [2.75, 3.05) is 0 Å². The Balaban J connectivity index is 4.97. The number of nitrogens with two attached hydrogens (primary N) is 6. The molecule has 0 saturated heterocycles. The lowest BCUT2D eigenvalue weighted by Gasteiger charge is -2.38. The van der Waals surface area contributed by atoms with Gasteiger partial charge in [-0.3, -0.25) is 26.9 Å². The molecule has 3 unspecified atom stereocenters. The van der Waals surface area contributed by atoms with Crippen LogP contribution in [0, 0.1) is 0 Å². The first kappa shape index (κ1) is 14.4. The molecule has 90 valence electrons. The maximum Gasteiger partial charge on any atom is 0.405 e. The smallest absolute Gasteiger partial charge is 0.405 e. The predicted octanol–water partition coefficient (Wildman–Crippen LogP) is -3.71. The van der Waals surface area contributed by atoms with Gasteiger partial charge in [0.2, 0.25) is 12.0 Å². The second kappa shape index (κ2) is 4.96. The topological polar surface area (TPSA) is 201 Å². The summed E-state index contributed by atoms with van der Waals surface area (Å²) in [5.41, 5.74) is 19.1. The van der Waals surface area contributed by atoms with Crippen LogP contribution in [-0.2, 0) is 14.4 Å².